The van der Waals surface area contributed by atoms with Gasteiger partial charge in [0.25, 0.3) is 11.1 Å². The average Bonchev–Trinajstić information content (AvgIpc) is 2.78. The highest BCUT2D eigenvalue weighted by molar-refractivity contribution is 5.06. The van der Waals surface area contributed by atoms with Crippen LogP contribution in [0.5, 0.6) is 0 Å². The van der Waals surface area contributed by atoms with Gasteiger partial charge >= 0.3 is 0 Å². The third kappa shape index (κ3) is 9.92. The maximum atomic E-state index is 10.6. The van der Waals surface area contributed by atoms with Crippen LogP contribution in [0.1, 0.15) is 22.3 Å². The van der Waals surface area contributed by atoms with Gasteiger partial charge in [-0.05, 0) is 39.8 Å². The van der Waals surface area contributed by atoms with Crippen LogP contribution in [0.25, 0.3) is 0 Å². The molecule has 0 spiro atoms. The van der Waals surface area contributed by atoms with E-state index in [-0.39, 0.29) is 22.0 Å². The largest absolute Gasteiger partial charge is 0.367 e. The quantitative estimate of drug-likeness (QED) is 0.326. The molecule has 10 heteroatoms. The zero-order valence-corrected chi connectivity index (χ0v) is 18.3. The number of H-pyrrole nitrogens is 4. The van der Waals surface area contributed by atoms with Crippen LogP contribution in [0.3, 0.4) is 0 Å². The molecule has 32 heavy (non-hydrogen) atoms. The molecule has 0 aliphatic carbocycles. The van der Waals surface area contributed by atoms with Crippen molar-refractivity contribution < 1.29 is 0 Å². The number of pyridine rings is 2. The Morgan fingerprint density at radius 3 is 1.75 bits per heavy atom. The normalized spacial score (nSPS) is 9.12. The van der Waals surface area contributed by atoms with Crippen LogP contribution in [-0.2, 0) is 0 Å². The first-order valence-electron chi connectivity index (χ1n) is 9.50. The van der Waals surface area contributed by atoms with Crippen molar-refractivity contribution in [1.82, 2.24) is 30.4 Å². The monoisotopic (exact) mass is 438 g/mol. The van der Waals surface area contributed by atoms with Crippen LogP contribution in [0.4, 0.5) is 0 Å². The summed E-state index contributed by atoms with van der Waals surface area (Å²) in [5.74, 6) is 0. The van der Waals surface area contributed by atoms with E-state index >= 15 is 0 Å². The van der Waals surface area contributed by atoms with Gasteiger partial charge in [-0.1, -0.05) is 6.07 Å². The maximum absolute atomic E-state index is 10.6. The third-order valence-corrected chi connectivity index (χ3v) is 3.88. The van der Waals surface area contributed by atoms with Gasteiger partial charge in [-0.25, -0.2) is 5.10 Å². The predicted molar refractivity (Wildman–Crippen MR) is 123 cm³/mol. The molecule has 0 fully saturated rings. The van der Waals surface area contributed by atoms with E-state index in [2.05, 4.69) is 30.4 Å². The molecule has 0 atom stereocenters. The second-order valence-corrected chi connectivity index (χ2v) is 6.52. The van der Waals surface area contributed by atoms with Crippen LogP contribution in [0.15, 0.2) is 80.6 Å². The van der Waals surface area contributed by atoms with Gasteiger partial charge in [-0.15, -0.1) is 0 Å². The lowest BCUT2D eigenvalue weighted by molar-refractivity contribution is 0.969. The molecule has 0 aliphatic rings. The zero-order chi connectivity index (χ0) is 23.9. The van der Waals surface area contributed by atoms with Crippen LogP contribution in [0, 0.1) is 27.7 Å². The summed E-state index contributed by atoms with van der Waals surface area (Å²) in [4.78, 5) is 47.5. The molecule has 4 aromatic heterocycles. The van der Waals surface area contributed by atoms with E-state index in [1.807, 2.05) is 0 Å². The number of nitrogens with zero attached hydrogens (tertiary/aromatic N) is 2. The molecule has 0 bridgehead atoms. The lowest BCUT2D eigenvalue weighted by atomic mass is 10.3. The molecule has 0 radical (unpaired) electrons. The molecule has 0 amide bonds. The van der Waals surface area contributed by atoms with E-state index in [9.17, 15) is 19.2 Å². The Balaban J connectivity index is 0.000000213. The standard InChI is InChI=1S/2C6H7NO.2C5H6N2O/c1-5-4-7-3-2-6(5)8;1-5-3-2-4-7-6(5)8;1-4-2-6-7-3-5(4)8;1-4-2-3-6-7-5(4)8/h2*2-4H,1H3,(H,7,8);2-3H,1H3,(H,6,8);2-3H,1H3,(H,7,8). The first kappa shape index (κ1) is 25.7. The summed E-state index contributed by atoms with van der Waals surface area (Å²) in [5.41, 5.74) is 2.84. The highest BCUT2D eigenvalue weighted by Gasteiger charge is 1.86. The molecular weight excluding hydrogens is 412 g/mol. The number of nitrogens with one attached hydrogen (secondary N) is 4. The molecule has 10 nitrogen and oxygen atoms in total. The van der Waals surface area contributed by atoms with Crippen LogP contribution in [0.2, 0.25) is 0 Å². The Morgan fingerprint density at radius 2 is 1.38 bits per heavy atom. The Kier molecular flexibility index (Phi) is 11.1. The average molecular weight is 438 g/mol. The van der Waals surface area contributed by atoms with Crippen molar-refractivity contribution in [2.45, 2.75) is 27.7 Å². The van der Waals surface area contributed by atoms with E-state index in [1.165, 1.54) is 12.3 Å². The Hall–Kier alpha value is -4.34. The van der Waals surface area contributed by atoms with E-state index in [0.29, 0.717) is 11.1 Å². The second-order valence-electron chi connectivity index (χ2n) is 6.52. The minimum atomic E-state index is -0.118. The van der Waals surface area contributed by atoms with E-state index in [1.54, 1.807) is 76.9 Å². The maximum Gasteiger partial charge on any atom is 0.267 e. The van der Waals surface area contributed by atoms with E-state index in [0.717, 1.165) is 11.1 Å². The first-order chi connectivity index (χ1) is 15.2. The van der Waals surface area contributed by atoms with E-state index in [4.69, 9.17) is 0 Å². The van der Waals surface area contributed by atoms with Gasteiger partial charge in [0.05, 0.1) is 6.20 Å². The van der Waals surface area contributed by atoms with Crippen molar-refractivity contribution in [2.24, 2.45) is 0 Å². The molecule has 0 unspecified atom stereocenters. The van der Waals surface area contributed by atoms with Gasteiger partial charge in [-0.3, -0.25) is 24.3 Å². The first-order valence-corrected chi connectivity index (χ1v) is 9.50. The van der Waals surface area contributed by atoms with Crippen molar-refractivity contribution in [1.29, 1.82) is 0 Å². The highest BCUT2D eigenvalue weighted by atomic mass is 16.1. The molecule has 0 aromatic carbocycles. The fraction of sp³-hybridized carbons (Fsp3) is 0.182. The van der Waals surface area contributed by atoms with Crippen molar-refractivity contribution in [3.63, 3.8) is 0 Å². The molecule has 0 aliphatic heterocycles. The lowest BCUT2D eigenvalue weighted by Gasteiger charge is -1.83. The molecule has 4 aromatic rings. The van der Waals surface area contributed by atoms with Crippen LogP contribution >= 0.6 is 0 Å². The second kappa shape index (κ2) is 13.8. The molecule has 168 valence electrons. The smallest absolute Gasteiger partial charge is 0.267 e. The number of rotatable bonds is 0. The molecule has 4 N–H and O–H groups in total. The fourth-order valence-corrected chi connectivity index (χ4v) is 1.82. The topological polar surface area (TPSA) is 157 Å². The van der Waals surface area contributed by atoms with Crippen molar-refractivity contribution in [3.05, 3.63) is 125 Å². The van der Waals surface area contributed by atoms with Crippen LogP contribution in [-0.4, -0.2) is 30.4 Å². The zero-order valence-electron chi connectivity index (χ0n) is 18.3. The Bertz CT molecular complexity index is 1110. The summed E-state index contributed by atoms with van der Waals surface area (Å²) >= 11 is 0. The number of aryl methyl sites for hydroxylation is 4. The summed E-state index contributed by atoms with van der Waals surface area (Å²) < 4.78 is 0. The number of aromatic nitrogens is 6. The third-order valence-electron chi connectivity index (χ3n) is 3.88. The summed E-state index contributed by atoms with van der Waals surface area (Å²) in [6.07, 6.45) is 9.31. The SMILES string of the molecule is Cc1c[nH]ccc1=O.Cc1c[nH]ncc1=O.Cc1ccc[nH]c1=O.Cc1ccn[nH]c1=O. The molecule has 0 saturated heterocycles. The molecule has 0 saturated carbocycles. The summed E-state index contributed by atoms with van der Waals surface area (Å²) in [5, 5.41) is 11.9. The van der Waals surface area contributed by atoms with Crippen LogP contribution < -0.4 is 22.0 Å². The Labute approximate surface area is 183 Å². The Morgan fingerprint density at radius 1 is 0.688 bits per heavy atom. The lowest BCUT2D eigenvalue weighted by Crippen LogP contribution is -2.08. The van der Waals surface area contributed by atoms with Crippen molar-refractivity contribution >= 4 is 0 Å². The summed E-state index contributed by atoms with van der Waals surface area (Å²) in [7, 11) is 0. The van der Waals surface area contributed by atoms with Gasteiger partial charge in [0.2, 0.25) is 5.43 Å². The van der Waals surface area contributed by atoms with E-state index < -0.39 is 0 Å². The summed E-state index contributed by atoms with van der Waals surface area (Å²) in [6, 6.07) is 6.75. The van der Waals surface area contributed by atoms with Gasteiger partial charge in [-0.2, -0.15) is 10.2 Å². The number of hydrogen-bond acceptors (Lipinski definition) is 6. The minimum absolute atomic E-state index is 0.00694. The van der Waals surface area contributed by atoms with Crippen molar-refractivity contribution in [3.8, 4) is 0 Å². The summed E-state index contributed by atoms with van der Waals surface area (Å²) in [6.45, 7) is 7.03. The molecule has 4 rings (SSSR count). The number of hydrogen-bond donors (Lipinski definition) is 4. The highest BCUT2D eigenvalue weighted by Crippen LogP contribution is 1.81. The minimum Gasteiger partial charge on any atom is -0.367 e. The predicted octanol–water partition coefficient (Wildman–Crippen LogP) is 1.52. The van der Waals surface area contributed by atoms with Gasteiger partial charge < -0.3 is 9.97 Å². The van der Waals surface area contributed by atoms with Crippen molar-refractivity contribution in [2.75, 3.05) is 0 Å². The molecular formula is C22H26N6O4. The van der Waals surface area contributed by atoms with Gasteiger partial charge in [0.15, 0.2) is 5.43 Å². The molecule has 4 heterocycles. The fourth-order valence-electron chi connectivity index (χ4n) is 1.82. The number of aromatic amines is 4. The van der Waals surface area contributed by atoms with Gasteiger partial charge in [0, 0.05) is 59.3 Å². The van der Waals surface area contributed by atoms with Gasteiger partial charge in [0.1, 0.15) is 0 Å².